The minimum atomic E-state index is -0.792. The van der Waals surface area contributed by atoms with Gasteiger partial charge in [0.05, 0.1) is 41.7 Å². The molecule has 33 heavy (non-hydrogen) atoms. The minimum absolute atomic E-state index is 0.0551. The van der Waals surface area contributed by atoms with Crippen LogP contribution in [0.15, 0.2) is 60.5 Å². The number of aromatic nitrogens is 5. The predicted octanol–water partition coefficient (Wildman–Crippen LogP) is 4.11. The summed E-state index contributed by atoms with van der Waals surface area (Å²) in [6.07, 6.45) is 6.38. The molecule has 0 amide bonds. The van der Waals surface area contributed by atoms with Crippen molar-refractivity contribution in [1.29, 1.82) is 0 Å². The number of rotatable bonds is 11. The largest absolute Gasteiger partial charge is 0.492 e. The summed E-state index contributed by atoms with van der Waals surface area (Å²) in [5.41, 5.74) is 5.36. The zero-order valence-electron chi connectivity index (χ0n) is 17.9. The molecule has 0 aliphatic rings. The topological polar surface area (TPSA) is 118 Å². The van der Waals surface area contributed by atoms with Crippen LogP contribution in [0.5, 0.6) is 5.75 Å². The zero-order chi connectivity index (χ0) is 23.0. The van der Waals surface area contributed by atoms with Gasteiger partial charge >= 0.3 is 0 Å². The molecule has 0 N–H and O–H groups in total. The maximum atomic E-state index is 10.2. The molecule has 0 bridgehead atoms. The van der Waals surface area contributed by atoms with Gasteiger partial charge in [-0.05, 0) is 31.4 Å². The molecule has 10 nitrogen and oxygen atoms in total. The highest BCUT2D eigenvalue weighted by Gasteiger charge is 2.22. The quantitative estimate of drug-likeness (QED) is 0.184. The van der Waals surface area contributed by atoms with E-state index in [1.807, 2.05) is 47.6 Å². The third kappa shape index (κ3) is 5.69. The summed E-state index contributed by atoms with van der Waals surface area (Å²) in [6.45, 7) is 2.45. The Morgan fingerprint density at radius 2 is 2.00 bits per heavy atom. The number of nitrogens with zero attached hydrogens (tertiary/aromatic N) is 6. The van der Waals surface area contributed by atoms with E-state index >= 15 is 0 Å². The highest BCUT2D eigenvalue weighted by Crippen LogP contribution is 2.32. The van der Waals surface area contributed by atoms with Crippen LogP contribution in [0.3, 0.4) is 0 Å². The van der Waals surface area contributed by atoms with Crippen molar-refractivity contribution in [1.82, 2.24) is 25.0 Å². The monoisotopic (exact) mass is 466 g/mol. The molecule has 1 unspecified atom stereocenters. The second kappa shape index (κ2) is 10.6. The van der Waals surface area contributed by atoms with Crippen molar-refractivity contribution in [2.75, 3.05) is 13.2 Å². The Balaban J connectivity index is 1.49. The van der Waals surface area contributed by atoms with Crippen LogP contribution in [-0.2, 0) is 4.84 Å². The number of aryl methyl sites for hydroxylation is 1. The fourth-order valence-corrected chi connectivity index (χ4v) is 4.26. The third-order valence-electron chi connectivity index (χ3n) is 4.93. The van der Waals surface area contributed by atoms with Crippen LogP contribution in [0.4, 0.5) is 0 Å². The molecule has 0 fully saturated rings. The minimum Gasteiger partial charge on any atom is -0.492 e. The predicted molar refractivity (Wildman–Crippen MR) is 121 cm³/mol. The summed E-state index contributed by atoms with van der Waals surface area (Å²) in [7, 11) is 0. The van der Waals surface area contributed by atoms with E-state index in [1.54, 1.807) is 23.7 Å². The zero-order valence-corrected chi connectivity index (χ0v) is 18.7. The molecule has 0 saturated carbocycles. The van der Waals surface area contributed by atoms with Gasteiger partial charge in [0.1, 0.15) is 17.5 Å². The van der Waals surface area contributed by atoms with Crippen molar-refractivity contribution in [2.45, 2.75) is 25.8 Å². The first-order valence-electron chi connectivity index (χ1n) is 10.3. The molecule has 0 aliphatic carbocycles. The number of ether oxygens (including phenoxy) is 1. The number of thiazole rings is 1. The summed E-state index contributed by atoms with van der Waals surface area (Å²) in [6, 6.07) is 11.9. The highest BCUT2D eigenvalue weighted by molar-refractivity contribution is 7.09. The van der Waals surface area contributed by atoms with E-state index < -0.39 is 5.09 Å². The summed E-state index contributed by atoms with van der Waals surface area (Å²) >= 11 is 1.59. The molecule has 170 valence electrons. The average molecular weight is 467 g/mol. The van der Waals surface area contributed by atoms with Crippen molar-refractivity contribution >= 4 is 11.3 Å². The Morgan fingerprint density at radius 1 is 1.18 bits per heavy atom. The molecule has 4 aromatic rings. The van der Waals surface area contributed by atoms with Gasteiger partial charge in [0, 0.05) is 11.8 Å². The van der Waals surface area contributed by atoms with Crippen LogP contribution in [0.1, 0.15) is 35.0 Å². The van der Waals surface area contributed by atoms with Gasteiger partial charge in [-0.2, -0.15) is 0 Å². The van der Waals surface area contributed by atoms with Crippen LogP contribution < -0.4 is 4.74 Å². The van der Waals surface area contributed by atoms with Gasteiger partial charge < -0.3 is 9.57 Å². The van der Waals surface area contributed by atoms with Crippen molar-refractivity contribution in [2.24, 2.45) is 0 Å². The molecule has 0 radical (unpaired) electrons. The Bertz CT molecular complexity index is 1200. The van der Waals surface area contributed by atoms with E-state index in [-0.39, 0.29) is 12.6 Å². The van der Waals surface area contributed by atoms with E-state index in [2.05, 4.69) is 37.3 Å². The molecule has 1 atom stereocenters. The Hall–Kier alpha value is -3.86. The Labute approximate surface area is 194 Å². The lowest BCUT2D eigenvalue weighted by atomic mass is 10.0. The van der Waals surface area contributed by atoms with Crippen molar-refractivity contribution < 1.29 is 14.7 Å². The van der Waals surface area contributed by atoms with Crippen LogP contribution in [0.2, 0.25) is 0 Å². The molecule has 11 heteroatoms. The summed E-state index contributed by atoms with van der Waals surface area (Å²) in [5, 5.41) is 18.2. The van der Waals surface area contributed by atoms with Crippen LogP contribution in [0, 0.1) is 17.0 Å². The van der Waals surface area contributed by atoms with Crippen LogP contribution >= 0.6 is 11.3 Å². The van der Waals surface area contributed by atoms with E-state index in [0.717, 1.165) is 21.7 Å². The molecule has 0 aliphatic heterocycles. The van der Waals surface area contributed by atoms with Gasteiger partial charge in [-0.1, -0.05) is 35.5 Å². The van der Waals surface area contributed by atoms with Crippen LogP contribution in [0.25, 0.3) is 11.3 Å². The van der Waals surface area contributed by atoms with Crippen LogP contribution in [-0.4, -0.2) is 43.3 Å². The second-order valence-corrected chi connectivity index (χ2v) is 8.11. The molecule has 3 aromatic heterocycles. The number of unbranched alkanes of at least 4 members (excludes halogenated alkanes) is 1. The standard InChI is InChI=1S/C22H22N6O4S/c1-16-22(33-15-24-16)21(17-7-3-2-4-8-17)27-14-20(25-26-27)18-11-19(13-23-12-18)31-9-5-6-10-32-28(29)30/h2-4,7-8,11-15,21H,5-6,9-10H2,1H3. The maximum Gasteiger partial charge on any atom is 0.294 e. The van der Waals surface area contributed by atoms with E-state index in [4.69, 9.17) is 4.74 Å². The van der Waals surface area contributed by atoms with E-state index in [9.17, 15) is 10.1 Å². The summed E-state index contributed by atoms with van der Waals surface area (Å²) in [4.78, 5) is 24.2. The fraction of sp³-hybridized carbons (Fsp3) is 0.273. The summed E-state index contributed by atoms with van der Waals surface area (Å²) in [5.74, 6) is 0.593. The van der Waals surface area contributed by atoms with Crippen molar-refractivity contribution in [3.63, 3.8) is 0 Å². The number of pyridine rings is 1. The van der Waals surface area contributed by atoms with Gasteiger partial charge in [-0.3, -0.25) is 4.98 Å². The van der Waals surface area contributed by atoms with Crippen molar-refractivity contribution in [3.05, 3.63) is 86.7 Å². The molecule has 0 saturated heterocycles. The third-order valence-corrected chi connectivity index (χ3v) is 5.92. The van der Waals surface area contributed by atoms with Gasteiger partial charge in [-0.25, -0.2) is 9.67 Å². The molecule has 3 heterocycles. The lowest BCUT2D eigenvalue weighted by Gasteiger charge is -2.16. The molecular weight excluding hydrogens is 444 g/mol. The average Bonchev–Trinajstić information content (AvgIpc) is 3.47. The molecule has 1 aromatic carbocycles. The first-order chi connectivity index (χ1) is 16.1. The van der Waals surface area contributed by atoms with Gasteiger partial charge in [0.25, 0.3) is 5.09 Å². The lowest BCUT2D eigenvalue weighted by Crippen LogP contribution is -2.13. The maximum absolute atomic E-state index is 10.2. The first kappa shape index (κ1) is 22.3. The summed E-state index contributed by atoms with van der Waals surface area (Å²) < 4.78 is 7.57. The smallest absolute Gasteiger partial charge is 0.294 e. The fourth-order valence-electron chi connectivity index (χ4n) is 3.34. The first-order valence-corrected chi connectivity index (χ1v) is 11.2. The van der Waals surface area contributed by atoms with E-state index in [0.29, 0.717) is 30.9 Å². The molecular formula is C22H22N6O4S. The van der Waals surface area contributed by atoms with Gasteiger partial charge in [-0.15, -0.1) is 26.5 Å². The Kier molecular flexibility index (Phi) is 7.20. The highest BCUT2D eigenvalue weighted by atomic mass is 32.1. The second-order valence-electron chi connectivity index (χ2n) is 7.22. The Morgan fingerprint density at radius 3 is 2.76 bits per heavy atom. The number of hydrogen-bond donors (Lipinski definition) is 0. The molecule has 0 spiro atoms. The number of benzene rings is 1. The van der Waals surface area contributed by atoms with Gasteiger partial charge in [0.2, 0.25) is 0 Å². The van der Waals surface area contributed by atoms with Gasteiger partial charge in [0.15, 0.2) is 0 Å². The normalized spacial score (nSPS) is 11.8. The SMILES string of the molecule is Cc1ncsc1C(c1ccccc1)n1cc(-c2cncc(OCCCCO[N+](=O)[O-])c2)nn1. The van der Waals surface area contributed by atoms with Crippen molar-refractivity contribution in [3.8, 4) is 17.0 Å². The molecule has 4 rings (SSSR count). The lowest BCUT2D eigenvalue weighted by molar-refractivity contribution is -0.757. The van der Waals surface area contributed by atoms with E-state index in [1.165, 1.54) is 0 Å². The number of hydrogen-bond acceptors (Lipinski definition) is 9.